The van der Waals surface area contributed by atoms with E-state index < -0.39 is 11.5 Å². The third kappa shape index (κ3) is 4.08. The summed E-state index contributed by atoms with van der Waals surface area (Å²) in [6, 6.07) is 3.08. The van der Waals surface area contributed by atoms with Crippen molar-refractivity contribution >= 4 is 63.6 Å². The highest BCUT2D eigenvalue weighted by molar-refractivity contribution is 14.1. The van der Waals surface area contributed by atoms with E-state index in [1.54, 1.807) is 26.0 Å². The van der Waals surface area contributed by atoms with Crippen molar-refractivity contribution in [2.45, 2.75) is 19.9 Å². The molecule has 19 heavy (non-hydrogen) atoms. The lowest BCUT2D eigenvalue weighted by molar-refractivity contribution is -0.152. The van der Waals surface area contributed by atoms with Gasteiger partial charge in [0.25, 0.3) is 0 Å². The Labute approximate surface area is 146 Å². The number of benzene rings is 1. The van der Waals surface area contributed by atoms with Gasteiger partial charge in [-0.3, -0.25) is 4.79 Å². The summed E-state index contributed by atoms with van der Waals surface area (Å²) < 4.78 is 6.20. The van der Waals surface area contributed by atoms with Crippen molar-refractivity contribution in [3.63, 3.8) is 0 Å². The van der Waals surface area contributed by atoms with Gasteiger partial charge in [0.1, 0.15) is 5.75 Å². The van der Waals surface area contributed by atoms with Crippen LogP contribution in [0, 0.1) is 12.6 Å². The number of aromatic hydroxyl groups is 1. The van der Waals surface area contributed by atoms with Gasteiger partial charge in [0.2, 0.25) is 0 Å². The quantitative estimate of drug-likeness (QED) is 0.483. The van der Waals surface area contributed by atoms with Crippen molar-refractivity contribution in [1.29, 1.82) is 0 Å². The second-order valence-electron chi connectivity index (χ2n) is 4.52. The molecule has 1 atom stereocenters. The van der Waals surface area contributed by atoms with E-state index in [0.717, 1.165) is 5.56 Å². The van der Waals surface area contributed by atoms with Crippen LogP contribution in [0.2, 0.25) is 0 Å². The molecule has 0 fully saturated rings. The smallest absolute Gasteiger partial charge is 0.313 e. The number of rotatable bonds is 3. The van der Waals surface area contributed by atoms with Gasteiger partial charge >= 0.3 is 5.97 Å². The Bertz CT molecular complexity index is 457. The molecule has 7 heteroatoms. The Morgan fingerprint density at radius 2 is 1.79 bits per heavy atom. The molecule has 0 saturated carbocycles. The number of phenols is 1. The van der Waals surface area contributed by atoms with Crippen LogP contribution in [0.3, 0.4) is 0 Å². The molecule has 0 saturated heterocycles. The Hall–Kier alpha value is 0.200. The predicted octanol–water partition coefficient (Wildman–Crippen LogP) is 3.22. The highest BCUT2D eigenvalue weighted by Crippen LogP contribution is 2.36. The topological polar surface area (TPSA) is 72.5 Å². The molecule has 1 aromatic carbocycles. The molecule has 0 unspecified atom stereocenters. The van der Waals surface area contributed by atoms with Gasteiger partial charge < -0.3 is 15.6 Å². The molecule has 3 N–H and O–H groups in total. The SMILES string of the molecule is COC(=O)C(C)(C)[C@@H](N)c1cc(I)c(O)c(I)c1.Cl. The summed E-state index contributed by atoms with van der Waals surface area (Å²) in [6.07, 6.45) is 0. The number of carbonyl (C=O) groups excluding carboxylic acids is 1. The summed E-state index contributed by atoms with van der Waals surface area (Å²) in [4.78, 5) is 11.7. The van der Waals surface area contributed by atoms with Crippen LogP contribution in [0.25, 0.3) is 0 Å². The van der Waals surface area contributed by atoms with E-state index in [2.05, 4.69) is 0 Å². The lowest BCUT2D eigenvalue weighted by atomic mass is 9.81. The largest absolute Gasteiger partial charge is 0.506 e. The van der Waals surface area contributed by atoms with E-state index in [9.17, 15) is 9.90 Å². The lowest BCUT2D eigenvalue weighted by Crippen LogP contribution is -2.37. The van der Waals surface area contributed by atoms with Crippen molar-refractivity contribution in [3.8, 4) is 5.75 Å². The molecule has 0 aliphatic rings. The molecule has 0 amide bonds. The molecule has 0 aliphatic heterocycles. The van der Waals surface area contributed by atoms with Crippen molar-refractivity contribution in [2.24, 2.45) is 11.1 Å². The molecule has 1 rings (SSSR count). The number of methoxy groups -OCH3 is 1. The van der Waals surface area contributed by atoms with Crippen LogP contribution >= 0.6 is 57.6 Å². The third-order valence-corrected chi connectivity index (χ3v) is 4.53. The number of esters is 1. The molecule has 0 radical (unpaired) electrons. The maximum absolute atomic E-state index is 11.7. The average Bonchev–Trinajstić information content (AvgIpc) is 2.33. The van der Waals surface area contributed by atoms with Crippen molar-refractivity contribution in [1.82, 2.24) is 0 Å². The first-order chi connectivity index (χ1) is 8.21. The lowest BCUT2D eigenvalue weighted by Gasteiger charge is -2.29. The number of nitrogens with two attached hydrogens (primary N) is 1. The van der Waals surface area contributed by atoms with E-state index in [-0.39, 0.29) is 24.1 Å². The van der Waals surface area contributed by atoms with Gasteiger partial charge in [0.15, 0.2) is 0 Å². The highest BCUT2D eigenvalue weighted by atomic mass is 127. The van der Waals surface area contributed by atoms with Gasteiger partial charge in [0, 0.05) is 6.04 Å². The van der Waals surface area contributed by atoms with Gasteiger partial charge in [-0.1, -0.05) is 0 Å². The van der Waals surface area contributed by atoms with Crippen molar-refractivity contribution in [2.75, 3.05) is 7.11 Å². The fraction of sp³-hybridized carbons (Fsp3) is 0.417. The summed E-state index contributed by atoms with van der Waals surface area (Å²) in [5, 5.41) is 9.72. The summed E-state index contributed by atoms with van der Waals surface area (Å²) in [7, 11) is 1.35. The molecule has 0 aliphatic carbocycles. The van der Waals surface area contributed by atoms with Crippen molar-refractivity contribution in [3.05, 3.63) is 24.8 Å². The highest BCUT2D eigenvalue weighted by Gasteiger charge is 2.37. The van der Waals surface area contributed by atoms with E-state index >= 15 is 0 Å². The number of ether oxygens (including phenoxy) is 1. The Balaban J connectivity index is 0.00000324. The summed E-state index contributed by atoms with van der Waals surface area (Å²) in [6.45, 7) is 3.49. The van der Waals surface area contributed by atoms with Crippen LogP contribution < -0.4 is 5.73 Å². The van der Waals surface area contributed by atoms with Crippen LogP contribution in [0.5, 0.6) is 5.75 Å². The molecule has 108 valence electrons. The third-order valence-electron chi connectivity index (χ3n) is 2.89. The second kappa shape index (κ2) is 7.28. The minimum atomic E-state index is -0.822. The van der Waals surface area contributed by atoms with Crippen LogP contribution in [0.15, 0.2) is 12.1 Å². The first-order valence-corrected chi connectivity index (χ1v) is 7.39. The number of carbonyl (C=O) groups is 1. The number of hydrogen-bond acceptors (Lipinski definition) is 4. The molecule has 0 heterocycles. The second-order valence-corrected chi connectivity index (χ2v) is 6.85. The molecular weight excluding hydrogens is 495 g/mol. The normalized spacial score (nSPS) is 12.5. The van der Waals surface area contributed by atoms with Crippen LogP contribution in [0.4, 0.5) is 0 Å². The zero-order valence-electron chi connectivity index (χ0n) is 10.7. The monoisotopic (exact) mass is 511 g/mol. The number of halogens is 3. The van der Waals surface area contributed by atoms with Gasteiger partial charge in [-0.05, 0) is 76.7 Å². The Morgan fingerprint density at radius 3 is 2.16 bits per heavy atom. The molecule has 0 bridgehead atoms. The summed E-state index contributed by atoms with van der Waals surface area (Å²) in [5.41, 5.74) is 6.13. The van der Waals surface area contributed by atoms with E-state index in [4.69, 9.17) is 10.5 Å². The Morgan fingerprint density at radius 1 is 1.37 bits per heavy atom. The fourth-order valence-electron chi connectivity index (χ4n) is 1.57. The van der Waals surface area contributed by atoms with E-state index in [1.165, 1.54) is 7.11 Å². The maximum atomic E-state index is 11.7. The van der Waals surface area contributed by atoms with Crippen LogP contribution in [-0.2, 0) is 9.53 Å². The minimum absolute atomic E-state index is 0. The van der Waals surface area contributed by atoms with Crippen LogP contribution in [-0.4, -0.2) is 18.2 Å². The minimum Gasteiger partial charge on any atom is -0.506 e. The van der Waals surface area contributed by atoms with E-state index in [1.807, 2.05) is 45.2 Å². The standard InChI is InChI=1S/C12H15I2NO3.ClH/c1-12(2,11(17)18-3)10(15)6-4-7(13)9(16)8(14)5-6;/h4-5,10,16H,15H2,1-3H3;1H/t10-;/m0./s1. The first-order valence-electron chi connectivity index (χ1n) is 5.23. The van der Waals surface area contributed by atoms with Gasteiger partial charge in [-0.2, -0.15) is 0 Å². The van der Waals surface area contributed by atoms with Gasteiger partial charge in [-0.15, -0.1) is 12.4 Å². The number of phenolic OH excluding ortho intramolecular Hbond substituents is 1. The Kier molecular flexibility index (Phi) is 7.35. The summed E-state index contributed by atoms with van der Waals surface area (Å²) in [5.74, 6) is -0.115. The zero-order valence-corrected chi connectivity index (χ0v) is 15.9. The number of hydrogen-bond donors (Lipinski definition) is 2. The molecule has 4 nitrogen and oxygen atoms in total. The summed E-state index contributed by atoms with van der Waals surface area (Å²) >= 11 is 4.07. The molecule has 0 spiro atoms. The van der Waals surface area contributed by atoms with Gasteiger partial charge in [-0.25, -0.2) is 0 Å². The van der Waals surface area contributed by atoms with Gasteiger partial charge in [0.05, 0.1) is 19.7 Å². The average molecular weight is 512 g/mol. The fourth-order valence-corrected chi connectivity index (χ4v) is 3.39. The van der Waals surface area contributed by atoms with E-state index in [0.29, 0.717) is 7.14 Å². The maximum Gasteiger partial charge on any atom is 0.313 e. The molecule has 0 aromatic heterocycles. The van der Waals surface area contributed by atoms with Crippen molar-refractivity contribution < 1.29 is 14.6 Å². The first kappa shape index (κ1) is 19.2. The predicted molar refractivity (Wildman–Crippen MR) is 93.5 cm³/mol. The molecule has 1 aromatic rings. The molecular formula is C12H16ClI2NO3. The van der Waals surface area contributed by atoms with Crippen LogP contribution in [0.1, 0.15) is 25.5 Å². The zero-order chi connectivity index (χ0) is 14.1.